The molecule has 1 fully saturated rings. The van der Waals surface area contributed by atoms with Crippen molar-refractivity contribution in [1.82, 2.24) is 5.32 Å². The Kier molecular flexibility index (Phi) is 4.41. The summed E-state index contributed by atoms with van der Waals surface area (Å²) in [7, 11) is 1.74. The van der Waals surface area contributed by atoms with E-state index in [2.05, 4.69) is 52.7 Å². The highest BCUT2D eigenvalue weighted by atomic mass is 16.5. The maximum atomic E-state index is 5.58. The summed E-state index contributed by atoms with van der Waals surface area (Å²) >= 11 is 0. The predicted octanol–water partition coefficient (Wildman–Crippen LogP) is 3.59. The summed E-state index contributed by atoms with van der Waals surface area (Å²) < 4.78 is 5.58. The average Bonchev–Trinajstić information content (AvgIpc) is 2.58. The molecule has 2 aromatic carbocycles. The molecule has 3 rings (SSSR count). The third-order valence-corrected chi connectivity index (χ3v) is 4.05. The number of benzene rings is 2. The van der Waals surface area contributed by atoms with Gasteiger partial charge >= 0.3 is 0 Å². The third kappa shape index (κ3) is 3.03. The lowest BCUT2D eigenvalue weighted by Crippen LogP contribution is -2.41. The van der Waals surface area contributed by atoms with Crippen LogP contribution in [-0.4, -0.2) is 26.2 Å². The Balaban J connectivity index is 2.03. The topological polar surface area (TPSA) is 24.5 Å². The maximum absolute atomic E-state index is 5.58. The van der Waals surface area contributed by atoms with Crippen molar-refractivity contribution in [2.75, 3.05) is 25.1 Å². The summed E-state index contributed by atoms with van der Waals surface area (Å²) in [4.78, 5) is 2.43. The largest absolute Gasteiger partial charge is 0.495 e. The van der Waals surface area contributed by atoms with Crippen LogP contribution in [0, 0.1) is 0 Å². The van der Waals surface area contributed by atoms with Crippen molar-refractivity contribution in [2.45, 2.75) is 18.9 Å². The highest BCUT2D eigenvalue weighted by molar-refractivity contribution is 5.70. The molecule has 1 heterocycles. The number of anilines is 2. The minimum absolute atomic E-state index is 0.505. The van der Waals surface area contributed by atoms with Gasteiger partial charge in [0.05, 0.1) is 12.8 Å². The van der Waals surface area contributed by atoms with Crippen LogP contribution < -0.4 is 15.0 Å². The zero-order chi connectivity index (χ0) is 14.5. The zero-order valence-corrected chi connectivity index (χ0v) is 12.5. The molecule has 0 aromatic heterocycles. The molecule has 1 aliphatic rings. The lowest BCUT2D eigenvalue weighted by Gasteiger charge is -2.37. The van der Waals surface area contributed by atoms with Crippen molar-refractivity contribution in [3.8, 4) is 5.75 Å². The van der Waals surface area contributed by atoms with Crippen LogP contribution in [0.25, 0.3) is 0 Å². The van der Waals surface area contributed by atoms with Crippen molar-refractivity contribution in [3.05, 3.63) is 54.6 Å². The Bertz CT molecular complexity index is 564. The van der Waals surface area contributed by atoms with Gasteiger partial charge in [-0.15, -0.1) is 0 Å². The highest BCUT2D eigenvalue weighted by Crippen LogP contribution is 2.37. The third-order valence-electron chi connectivity index (χ3n) is 4.05. The number of nitrogens with one attached hydrogen (secondary N) is 1. The summed E-state index contributed by atoms with van der Waals surface area (Å²) in [5, 5.41) is 3.44. The molecule has 2 aromatic rings. The lowest BCUT2D eigenvalue weighted by molar-refractivity contribution is 0.408. The fourth-order valence-corrected chi connectivity index (χ4v) is 3.03. The Morgan fingerprint density at radius 1 is 0.952 bits per heavy atom. The molecule has 110 valence electrons. The highest BCUT2D eigenvalue weighted by Gasteiger charge is 2.24. The molecule has 0 spiro atoms. The molecule has 0 atom stereocenters. The molecule has 0 saturated carbocycles. The number of ether oxygens (including phenoxy) is 1. The zero-order valence-electron chi connectivity index (χ0n) is 12.5. The van der Waals surface area contributed by atoms with Crippen molar-refractivity contribution in [3.63, 3.8) is 0 Å². The normalized spacial score (nSPS) is 15.7. The van der Waals surface area contributed by atoms with Crippen LogP contribution in [0.4, 0.5) is 11.4 Å². The molecule has 0 aliphatic carbocycles. The van der Waals surface area contributed by atoms with Gasteiger partial charge < -0.3 is 15.0 Å². The fourth-order valence-electron chi connectivity index (χ4n) is 3.03. The molecule has 0 bridgehead atoms. The molecular formula is C18H22N2O. The van der Waals surface area contributed by atoms with Gasteiger partial charge in [-0.3, -0.25) is 0 Å². The first-order valence-electron chi connectivity index (χ1n) is 7.58. The molecule has 0 unspecified atom stereocenters. The van der Waals surface area contributed by atoms with Crippen LogP contribution in [0.3, 0.4) is 0 Å². The van der Waals surface area contributed by atoms with Gasteiger partial charge in [0.2, 0.25) is 0 Å². The Hall–Kier alpha value is -2.00. The van der Waals surface area contributed by atoms with Crippen molar-refractivity contribution in [1.29, 1.82) is 0 Å². The fraction of sp³-hybridized carbons (Fsp3) is 0.333. The van der Waals surface area contributed by atoms with E-state index in [1.54, 1.807) is 7.11 Å². The summed E-state index contributed by atoms with van der Waals surface area (Å²) in [6.45, 7) is 2.15. The van der Waals surface area contributed by atoms with Crippen LogP contribution >= 0.6 is 0 Å². The first-order valence-corrected chi connectivity index (χ1v) is 7.58. The van der Waals surface area contributed by atoms with Crippen LogP contribution in [-0.2, 0) is 0 Å². The molecule has 1 saturated heterocycles. The summed E-state index contributed by atoms with van der Waals surface area (Å²) in [5.41, 5.74) is 2.38. The summed E-state index contributed by atoms with van der Waals surface area (Å²) in [6, 6.07) is 19.4. The molecule has 0 amide bonds. The lowest BCUT2D eigenvalue weighted by atomic mass is 10.0. The van der Waals surface area contributed by atoms with Gasteiger partial charge in [0, 0.05) is 11.7 Å². The van der Waals surface area contributed by atoms with E-state index in [4.69, 9.17) is 4.74 Å². The standard InChI is InChI=1S/C18H22N2O/c1-21-18-10-6-5-9-17(18)20(15-7-3-2-4-8-15)16-11-13-19-14-12-16/h2-10,16,19H,11-14H2,1H3. The van der Waals surface area contributed by atoms with E-state index in [9.17, 15) is 0 Å². The van der Waals surface area contributed by atoms with Gasteiger partial charge in [-0.25, -0.2) is 0 Å². The Labute approximate surface area is 126 Å². The van der Waals surface area contributed by atoms with E-state index < -0.39 is 0 Å². The Morgan fingerprint density at radius 2 is 1.62 bits per heavy atom. The first-order chi connectivity index (χ1) is 10.4. The number of hydrogen-bond donors (Lipinski definition) is 1. The monoisotopic (exact) mass is 282 g/mol. The van der Waals surface area contributed by atoms with E-state index in [1.165, 1.54) is 5.69 Å². The van der Waals surface area contributed by atoms with Gasteiger partial charge in [0.25, 0.3) is 0 Å². The SMILES string of the molecule is COc1ccccc1N(c1ccccc1)C1CCNCC1. The number of rotatable bonds is 4. The number of nitrogens with zero attached hydrogens (tertiary/aromatic N) is 1. The molecule has 3 heteroatoms. The van der Waals surface area contributed by atoms with Gasteiger partial charge in [-0.05, 0) is 50.2 Å². The van der Waals surface area contributed by atoms with Crippen LogP contribution in [0.2, 0.25) is 0 Å². The van der Waals surface area contributed by atoms with E-state index in [0.29, 0.717) is 6.04 Å². The molecular weight excluding hydrogens is 260 g/mol. The summed E-state index contributed by atoms with van der Waals surface area (Å²) in [6.07, 6.45) is 2.29. The van der Waals surface area contributed by atoms with Gasteiger partial charge in [-0.2, -0.15) is 0 Å². The van der Waals surface area contributed by atoms with Crippen molar-refractivity contribution < 1.29 is 4.74 Å². The van der Waals surface area contributed by atoms with Crippen LogP contribution in [0.1, 0.15) is 12.8 Å². The van der Waals surface area contributed by atoms with Crippen molar-refractivity contribution in [2.24, 2.45) is 0 Å². The minimum Gasteiger partial charge on any atom is -0.495 e. The van der Waals surface area contributed by atoms with E-state index in [1.807, 2.05) is 12.1 Å². The quantitative estimate of drug-likeness (QED) is 0.927. The van der Waals surface area contributed by atoms with Gasteiger partial charge in [0.1, 0.15) is 5.75 Å². The molecule has 3 nitrogen and oxygen atoms in total. The molecule has 1 N–H and O–H groups in total. The smallest absolute Gasteiger partial charge is 0.142 e. The van der Waals surface area contributed by atoms with E-state index in [0.717, 1.165) is 37.4 Å². The number of para-hydroxylation sites is 3. The van der Waals surface area contributed by atoms with Crippen LogP contribution in [0.15, 0.2) is 54.6 Å². The minimum atomic E-state index is 0.505. The average molecular weight is 282 g/mol. The van der Waals surface area contributed by atoms with Gasteiger partial charge in [0.15, 0.2) is 0 Å². The van der Waals surface area contributed by atoms with Gasteiger partial charge in [-0.1, -0.05) is 30.3 Å². The Morgan fingerprint density at radius 3 is 2.33 bits per heavy atom. The van der Waals surface area contributed by atoms with E-state index in [-0.39, 0.29) is 0 Å². The van der Waals surface area contributed by atoms with E-state index >= 15 is 0 Å². The molecule has 0 radical (unpaired) electrons. The maximum Gasteiger partial charge on any atom is 0.142 e. The summed E-state index contributed by atoms with van der Waals surface area (Å²) in [5.74, 6) is 0.930. The second-order valence-corrected chi connectivity index (χ2v) is 5.36. The number of methoxy groups -OCH3 is 1. The first kappa shape index (κ1) is 14.0. The molecule has 1 aliphatic heterocycles. The number of hydrogen-bond acceptors (Lipinski definition) is 3. The van der Waals surface area contributed by atoms with Crippen molar-refractivity contribution >= 4 is 11.4 Å². The molecule has 21 heavy (non-hydrogen) atoms. The number of piperidine rings is 1. The van der Waals surface area contributed by atoms with Crippen LogP contribution in [0.5, 0.6) is 5.75 Å². The second kappa shape index (κ2) is 6.64. The predicted molar refractivity (Wildman–Crippen MR) is 87.5 cm³/mol. The second-order valence-electron chi connectivity index (χ2n) is 5.36.